The van der Waals surface area contributed by atoms with Crippen LogP contribution in [-0.4, -0.2) is 12.5 Å². The van der Waals surface area contributed by atoms with Crippen molar-refractivity contribution in [3.63, 3.8) is 0 Å². The molecule has 0 spiro atoms. The quantitative estimate of drug-likeness (QED) is 0.838. The average molecular weight is 239 g/mol. The van der Waals surface area contributed by atoms with E-state index < -0.39 is 0 Å². The molecule has 1 amide bonds. The van der Waals surface area contributed by atoms with Gasteiger partial charge in [0.15, 0.2) is 0 Å². The van der Waals surface area contributed by atoms with Crippen LogP contribution in [0.15, 0.2) is 6.07 Å². The summed E-state index contributed by atoms with van der Waals surface area (Å²) in [6.07, 6.45) is 2.20. The molecule has 1 rings (SSSR count). The van der Waals surface area contributed by atoms with Crippen molar-refractivity contribution >= 4 is 17.2 Å². The second-order valence-corrected chi connectivity index (χ2v) is 5.80. The summed E-state index contributed by atoms with van der Waals surface area (Å²) in [6.45, 7) is 9.20. The Bertz CT molecular complexity index is 355. The monoisotopic (exact) mass is 239 g/mol. The smallest absolute Gasteiger partial charge is 0.261 e. The third-order valence-corrected chi connectivity index (χ3v) is 3.53. The van der Waals surface area contributed by atoms with E-state index in [4.69, 9.17) is 0 Å². The first kappa shape index (κ1) is 13.2. The van der Waals surface area contributed by atoms with Gasteiger partial charge in [0, 0.05) is 11.4 Å². The number of hydrogen-bond acceptors (Lipinski definition) is 2. The summed E-state index contributed by atoms with van der Waals surface area (Å²) in [5, 5.41) is 2.95. The Morgan fingerprint density at radius 2 is 2.19 bits per heavy atom. The highest BCUT2D eigenvalue weighted by Gasteiger charge is 2.11. The van der Waals surface area contributed by atoms with E-state index in [0.717, 1.165) is 24.3 Å². The van der Waals surface area contributed by atoms with Crippen LogP contribution in [0, 0.1) is 12.8 Å². The van der Waals surface area contributed by atoms with E-state index >= 15 is 0 Å². The van der Waals surface area contributed by atoms with E-state index in [2.05, 4.69) is 33.0 Å². The molecule has 0 unspecified atom stereocenters. The van der Waals surface area contributed by atoms with Crippen molar-refractivity contribution in [3.05, 3.63) is 21.4 Å². The second-order valence-electron chi connectivity index (χ2n) is 4.55. The molecule has 3 heteroatoms. The summed E-state index contributed by atoms with van der Waals surface area (Å²) in [5.74, 6) is 0.573. The fraction of sp³-hybridized carbons (Fsp3) is 0.615. The van der Waals surface area contributed by atoms with Crippen LogP contribution >= 0.6 is 11.3 Å². The summed E-state index contributed by atoms with van der Waals surface area (Å²) >= 11 is 1.60. The van der Waals surface area contributed by atoms with Gasteiger partial charge in [0.1, 0.15) is 0 Å². The predicted molar refractivity (Wildman–Crippen MR) is 70.2 cm³/mol. The summed E-state index contributed by atoms with van der Waals surface area (Å²) in [5.41, 5.74) is 1.32. The third-order valence-electron chi connectivity index (χ3n) is 2.43. The van der Waals surface area contributed by atoms with Crippen molar-refractivity contribution in [2.24, 2.45) is 5.92 Å². The Morgan fingerprint density at radius 3 is 2.75 bits per heavy atom. The van der Waals surface area contributed by atoms with Gasteiger partial charge < -0.3 is 5.32 Å². The van der Waals surface area contributed by atoms with E-state index in [0.29, 0.717) is 5.92 Å². The molecule has 1 aromatic heterocycles. The minimum atomic E-state index is 0.0733. The minimum Gasteiger partial charge on any atom is -0.351 e. The molecule has 1 heterocycles. The summed E-state index contributed by atoms with van der Waals surface area (Å²) in [6, 6.07) is 2.04. The molecular weight excluding hydrogens is 218 g/mol. The highest BCUT2D eigenvalue weighted by atomic mass is 32.1. The van der Waals surface area contributed by atoms with E-state index in [1.165, 1.54) is 10.4 Å². The molecule has 0 aliphatic heterocycles. The summed E-state index contributed by atoms with van der Waals surface area (Å²) < 4.78 is 0. The van der Waals surface area contributed by atoms with Crippen LogP contribution in [0.4, 0.5) is 0 Å². The van der Waals surface area contributed by atoms with Crippen LogP contribution in [0.25, 0.3) is 0 Å². The maximum absolute atomic E-state index is 11.8. The lowest BCUT2D eigenvalue weighted by molar-refractivity contribution is 0.0953. The maximum atomic E-state index is 11.8. The molecule has 2 nitrogen and oxygen atoms in total. The zero-order chi connectivity index (χ0) is 12.1. The zero-order valence-electron chi connectivity index (χ0n) is 10.6. The first-order valence-corrected chi connectivity index (χ1v) is 6.73. The van der Waals surface area contributed by atoms with Gasteiger partial charge in [-0.1, -0.05) is 27.2 Å². The first-order chi connectivity index (χ1) is 7.54. The van der Waals surface area contributed by atoms with Gasteiger partial charge in [-0.3, -0.25) is 4.79 Å². The summed E-state index contributed by atoms with van der Waals surface area (Å²) in [7, 11) is 0. The molecule has 0 saturated heterocycles. The van der Waals surface area contributed by atoms with Crippen molar-refractivity contribution in [3.8, 4) is 0 Å². The van der Waals surface area contributed by atoms with Crippen molar-refractivity contribution < 1.29 is 4.79 Å². The normalized spacial score (nSPS) is 10.8. The molecule has 1 N–H and O–H groups in total. The van der Waals surface area contributed by atoms with E-state index in [-0.39, 0.29) is 5.91 Å². The molecule has 0 aliphatic rings. The Balaban J connectivity index is 2.65. The van der Waals surface area contributed by atoms with Crippen LogP contribution in [-0.2, 0) is 6.42 Å². The molecular formula is C13H21NOS. The highest BCUT2D eigenvalue weighted by Crippen LogP contribution is 2.22. The van der Waals surface area contributed by atoms with Crippen molar-refractivity contribution in [2.45, 2.75) is 40.5 Å². The molecule has 0 bridgehead atoms. The molecule has 0 fully saturated rings. The topological polar surface area (TPSA) is 29.1 Å². The van der Waals surface area contributed by atoms with Gasteiger partial charge in [0.2, 0.25) is 0 Å². The minimum absolute atomic E-state index is 0.0733. The zero-order valence-corrected chi connectivity index (χ0v) is 11.4. The van der Waals surface area contributed by atoms with Crippen LogP contribution < -0.4 is 5.32 Å². The van der Waals surface area contributed by atoms with Crippen molar-refractivity contribution in [1.29, 1.82) is 0 Å². The lowest BCUT2D eigenvalue weighted by atomic mass is 10.1. The Labute approximate surface area is 102 Å². The molecule has 1 aromatic rings. The fourth-order valence-electron chi connectivity index (χ4n) is 1.53. The number of carbonyl (C=O) groups excluding carboxylic acids is 1. The van der Waals surface area contributed by atoms with Gasteiger partial charge in [-0.15, -0.1) is 11.3 Å². The van der Waals surface area contributed by atoms with Crippen molar-refractivity contribution in [2.75, 3.05) is 6.54 Å². The second kappa shape index (κ2) is 6.04. The standard InChI is InChI=1S/C13H21NOS/c1-5-6-11-7-12(16-10(11)4)13(15)14-8-9(2)3/h7,9H,5-6,8H2,1-4H3,(H,14,15). The highest BCUT2D eigenvalue weighted by molar-refractivity contribution is 7.14. The number of rotatable bonds is 5. The Hall–Kier alpha value is -0.830. The van der Waals surface area contributed by atoms with E-state index in [1.54, 1.807) is 11.3 Å². The van der Waals surface area contributed by atoms with Gasteiger partial charge in [-0.05, 0) is 30.9 Å². The van der Waals surface area contributed by atoms with E-state index in [1.807, 2.05) is 6.07 Å². The molecule has 0 saturated carbocycles. The molecule has 0 aromatic carbocycles. The molecule has 90 valence electrons. The van der Waals surface area contributed by atoms with Gasteiger partial charge in [-0.25, -0.2) is 0 Å². The van der Waals surface area contributed by atoms with Crippen LogP contribution in [0.5, 0.6) is 0 Å². The lowest BCUT2D eigenvalue weighted by Gasteiger charge is -2.05. The molecule has 0 aliphatic carbocycles. The SMILES string of the molecule is CCCc1cc(C(=O)NCC(C)C)sc1C. The number of amides is 1. The van der Waals surface area contributed by atoms with Crippen LogP contribution in [0.3, 0.4) is 0 Å². The predicted octanol–water partition coefficient (Wildman–Crippen LogP) is 3.39. The number of hydrogen-bond donors (Lipinski definition) is 1. The lowest BCUT2D eigenvalue weighted by Crippen LogP contribution is -2.26. The fourth-order valence-corrected chi connectivity index (χ4v) is 2.52. The molecule has 0 radical (unpaired) electrons. The Kier molecular flexibility index (Phi) is 5.00. The number of thiophene rings is 1. The number of aryl methyl sites for hydroxylation is 2. The van der Waals surface area contributed by atoms with Gasteiger partial charge in [0.25, 0.3) is 5.91 Å². The maximum Gasteiger partial charge on any atom is 0.261 e. The molecule has 0 atom stereocenters. The van der Waals surface area contributed by atoms with Gasteiger partial charge in [0.05, 0.1) is 4.88 Å². The largest absolute Gasteiger partial charge is 0.351 e. The van der Waals surface area contributed by atoms with Gasteiger partial charge >= 0.3 is 0 Å². The van der Waals surface area contributed by atoms with E-state index in [9.17, 15) is 4.79 Å². The first-order valence-electron chi connectivity index (χ1n) is 5.92. The summed E-state index contributed by atoms with van der Waals surface area (Å²) in [4.78, 5) is 13.9. The van der Waals surface area contributed by atoms with Crippen LogP contribution in [0.2, 0.25) is 0 Å². The average Bonchev–Trinajstić information content (AvgIpc) is 2.57. The number of carbonyl (C=O) groups is 1. The van der Waals surface area contributed by atoms with Crippen molar-refractivity contribution in [1.82, 2.24) is 5.32 Å². The molecule has 16 heavy (non-hydrogen) atoms. The Morgan fingerprint density at radius 1 is 1.50 bits per heavy atom. The third kappa shape index (κ3) is 3.63. The van der Waals surface area contributed by atoms with Gasteiger partial charge in [-0.2, -0.15) is 0 Å². The van der Waals surface area contributed by atoms with Crippen LogP contribution in [0.1, 0.15) is 47.3 Å². The number of nitrogens with one attached hydrogen (secondary N) is 1.